The molecule has 0 saturated carbocycles. The molecular weight excluding hydrogens is 561 g/mol. The van der Waals surface area contributed by atoms with Crippen LogP contribution < -0.4 is 15.2 Å². The van der Waals surface area contributed by atoms with Crippen LogP contribution in [0.25, 0.3) is 11.0 Å². The highest BCUT2D eigenvalue weighted by Crippen LogP contribution is 2.45. The highest BCUT2D eigenvalue weighted by atomic mass is 35.5. The minimum Gasteiger partial charge on any atom is -0.485 e. The van der Waals surface area contributed by atoms with Crippen LogP contribution in [0.4, 0.5) is 4.39 Å². The minimum atomic E-state index is -0.570. The van der Waals surface area contributed by atoms with Crippen LogP contribution in [0.2, 0.25) is 5.02 Å². The Hall–Kier alpha value is -3.73. The summed E-state index contributed by atoms with van der Waals surface area (Å²) >= 11 is 5.96. The van der Waals surface area contributed by atoms with Crippen LogP contribution in [0, 0.1) is 5.82 Å². The summed E-state index contributed by atoms with van der Waals surface area (Å²) in [5.41, 5.74) is 8.77. The van der Waals surface area contributed by atoms with E-state index in [4.69, 9.17) is 36.5 Å². The standard InChI is InChI=1S/C31H31ClFN5O4/c32-19-4-5-22(23(33)12-19)28-17-41-27-3-1-2-21(30(27)42-28)18-6-9-37(10-7-18)16-29-36-24-13-25(31(34)39)35-14-26(24)38(29)15-20-8-11-40-20/h1-5,12-14,18,20,28H,6-11,15-17H2,(H2,34,39)/t20-,28?/m0/s1. The van der Waals surface area contributed by atoms with Crippen LogP contribution in [0.3, 0.4) is 0 Å². The van der Waals surface area contributed by atoms with Gasteiger partial charge in [-0.05, 0) is 62.5 Å². The van der Waals surface area contributed by atoms with Gasteiger partial charge in [0.05, 0.1) is 36.4 Å². The van der Waals surface area contributed by atoms with Gasteiger partial charge in [0.15, 0.2) is 17.6 Å². The van der Waals surface area contributed by atoms with Gasteiger partial charge < -0.3 is 24.5 Å². The lowest BCUT2D eigenvalue weighted by Gasteiger charge is -2.35. The Kier molecular flexibility index (Phi) is 7.21. The van der Waals surface area contributed by atoms with Crippen molar-refractivity contribution in [2.45, 2.75) is 50.5 Å². The molecule has 2 N–H and O–H groups in total. The molecule has 0 spiro atoms. The number of hydrogen-bond donors (Lipinski definition) is 1. The number of para-hydroxylation sites is 1. The monoisotopic (exact) mass is 591 g/mol. The fraction of sp³-hybridized carbons (Fsp3) is 0.387. The zero-order valence-corrected chi connectivity index (χ0v) is 23.7. The van der Waals surface area contributed by atoms with Crippen LogP contribution in [0.5, 0.6) is 11.5 Å². The first-order chi connectivity index (χ1) is 20.4. The van der Waals surface area contributed by atoms with Crippen molar-refractivity contribution in [1.29, 1.82) is 0 Å². The van der Waals surface area contributed by atoms with E-state index < -0.39 is 17.8 Å². The zero-order chi connectivity index (χ0) is 28.8. The number of likely N-dealkylation sites (tertiary alicyclic amines) is 1. The average molecular weight is 592 g/mol. The largest absolute Gasteiger partial charge is 0.485 e. The summed E-state index contributed by atoms with van der Waals surface area (Å²) in [6, 6.07) is 12.3. The third kappa shape index (κ3) is 5.19. The van der Waals surface area contributed by atoms with Crippen LogP contribution in [0.1, 0.15) is 58.7 Å². The van der Waals surface area contributed by atoms with E-state index >= 15 is 0 Å². The molecule has 0 aliphatic carbocycles. The van der Waals surface area contributed by atoms with Gasteiger partial charge in [-0.15, -0.1) is 0 Å². The second kappa shape index (κ2) is 11.2. The van der Waals surface area contributed by atoms with E-state index in [1.807, 2.05) is 12.1 Å². The minimum absolute atomic E-state index is 0.152. The first-order valence-corrected chi connectivity index (χ1v) is 14.7. The van der Waals surface area contributed by atoms with Gasteiger partial charge in [-0.2, -0.15) is 0 Å². The topological polar surface area (TPSA) is 105 Å². The molecule has 2 fully saturated rings. The maximum Gasteiger partial charge on any atom is 0.267 e. The van der Waals surface area contributed by atoms with Crippen molar-refractivity contribution >= 4 is 28.5 Å². The number of nitrogens with two attached hydrogens (primary N) is 1. The summed E-state index contributed by atoms with van der Waals surface area (Å²) in [5, 5.41) is 0.347. The SMILES string of the molecule is NC(=O)c1cc2nc(CN3CCC(c4cccc5c4OC(c4ccc(Cl)cc4F)CO5)CC3)n(C[C@@H]3CCO3)c2cn1. The van der Waals surface area contributed by atoms with Gasteiger partial charge in [-0.1, -0.05) is 29.8 Å². The molecule has 42 heavy (non-hydrogen) atoms. The number of imidazole rings is 1. The quantitative estimate of drug-likeness (QED) is 0.322. The third-order valence-corrected chi connectivity index (χ3v) is 8.74. The molecule has 7 rings (SSSR count). The Labute approximate surface area is 247 Å². The van der Waals surface area contributed by atoms with Gasteiger partial charge in [0.2, 0.25) is 0 Å². The lowest BCUT2D eigenvalue weighted by atomic mass is 9.88. The summed E-state index contributed by atoms with van der Waals surface area (Å²) in [6.45, 7) is 4.12. The second-order valence-electron chi connectivity index (χ2n) is 11.2. The van der Waals surface area contributed by atoms with E-state index in [1.54, 1.807) is 24.4 Å². The van der Waals surface area contributed by atoms with E-state index in [9.17, 15) is 9.18 Å². The average Bonchev–Trinajstić information content (AvgIpc) is 3.30. The normalized spacial score (nSPS) is 20.9. The molecule has 3 aliphatic rings. The molecule has 218 valence electrons. The van der Waals surface area contributed by atoms with Gasteiger partial charge in [0.25, 0.3) is 5.91 Å². The molecule has 3 aliphatic heterocycles. The molecule has 5 heterocycles. The number of pyridine rings is 1. The molecule has 2 atom stereocenters. The number of primary amides is 1. The molecule has 0 radical (unpaired) electrons. The van der Waals surface area contributed by atoms with E-state index in [2.05, 4.69) is 20.5 Å². The van der Waals surface area contributed by atoms with Gasteiger partial charge in [-0.3, -0.25) is 9.69 Å². The number of piperidine rings is 1. The number of nitrogens with zero attached hydrogens (tertiary/aromatic N) is 4. The van der Waals surface area contributed by atoms with Gasteiger partial charge >= 0.3 is 0 Å². The summed E-state index contributed by atoms with van der Waals surface area (Å²) < 4.78 is 35.0. The number of ether oxygens (including phenoxy) is 3. The Bertz CT molecular complexity index is 1650. The van der Waals surface area contributed by atoms with Gasteiger partial charge in [-0.25, -0.2) is 14.4 Å². The lowest BCUT2D eigenvalue weighted by Crippen LogP contribution is -2.35. The van der Waals surface area contributed by atoms with Crippen molar-refractivity contribution in [3.63, 3.8) is 0 Å². The summed E-state index contributed by atoms with van der Waals surface area (Å²) in [5.74, 6) is 1.61. The zero-order valence-electron chi connectivity index (χ0n) is 23.0. The number of amides is 1. The summed E-state index contributed by atoms with van der Waals surface area (Å²) in [7, 11) is 0. The predicted octanol–water partition coefficient (Wildman–Crippen LogP) is 5.00. The Morgan fingerprint density at radius 3 is 2.69 bits per heavy atom. The molecule has 2 aromatic heterocycles. The smallest absolute Gasteiger partial charge is 0.267 e. The highest BCUT2D eigenvalue weighted by molar-refractivity contribution is 6.30. The number of carbonyl (C=O) groups excluding carboxylic acids is 1. The van der Waals surface area contributed by atoms with Gasteiger partial charge in [0, 0.05) is 22.8 Å². The van der Waals surface area contributed by atoms with Crippen LogP contribution in [-0.2, 0) is 17.8 Å². The first kappa shape index (κ1) is 27.1. The number of aromatic nitrogens is 3. The summed E-state index contributed by atoms with van der Waals surface area (Å²) in [4.78, 5) is 23.2. The van der Waals surface area contributed by atoms with Crippen molar-refractivity contribution in [3.05, 3.63) is 82.1 Å². The van der Waals surface area contributed by atoms with E-state index in [-0.39, 0.29) is 24.3 Å². The molecule has 2 aromatic carbocycles. The number of fused-ring (bicyclic) bond motifs is 2. The fourth-order valence-corrected chi connectivity index (χ4v) is 6.28. The van der Waals surface area contributed by atoms with Gasteiger partial charge in [0.1, 0.15) is 23.9 Å². The van der Waals surface area contributed by atoms with Crippen molar-refractivity contribution in [2.75, 3.05) is 26.3 Å². The number of halogens is 2. The van der Waals surface area contributed by atoms with Crippen molar-refractivity contribution in [3.8, 4) is 11.5 Å². The molecule has 1 unspecified atom stereocenters. The fourth-order valence-electron chi connectivity index (χ4n) is 6.12. The van der Waals surface area contributed by atoms with Crippen LogP contribution in [-0.4, -0.2) is 57.7 Å². The number of carbonyl (C=O) groups is 1. The van der Waals surface area contributed by atoms with E-state index in [0.29, 0.717) is 40.7 Å². The van der Waals surface area contributed by atoms with Crippen LogP contribution in [0.15, 0.2) is 48.7 Å². The Balaban J connectivity index is 1.07. The van der Waals surface area contributed by atoms with E-state index in [1.165, 1.54) is 6.07 Å². The molecule has 1 amide bonds. The number of rotatable bonds is 7. The highest BCUT2D eigenvalue weighted by Gasteiger charge is 2.31. The Morgan fingerprint density at radius 2 is 1.95 bits per heavy atom. The molecule has 0 bridgehead atoms. The van der Waals surface area contributed by atoms with Crippen molar-refractivity contribution < 1.29 is 23.4 Å². The molecule has 11 heteroatoms. The van der Waals surface area contributed by atoms with Crippen molar-refractivity contribution in [2.24, 2.45) is 5.73 Å². The number of hydrogen-bond acceptors (Lipinski definition) is 7. The Morgan fingerprint density at radius 1 is 1.12 bits per heavy atom. The maximum atomic E-state index is 14.7. The summed E-state index contributed by atoms with van der Waals surface area (Å²) in [6.07, 6.45) is 4.15. The van der Waals surface area contributed by atoms with E-state index in [0.717, 1.165) is 55.9 Å². The van der Waals surface area contributed by atoms with Crippen LogP contribution >= 0.6 is 11.6 Å². The lowest BCUT2D eigenvalue weighted by molar-refractivity contribution is -0.0592. The van der Waals surface area contributed by atoms with Crippen molar-refractivity contribution in [1.82, 2.24) is 19.4 Å². The number of benzene rings is 2. The molecular formula is C31H31ClFN5O4. The maximum absolute atomic E-state index is 14.7. The first-order valence-electron chi connectivity index (χ1n) is 14.3. The molecule has 4 aromatic rings. The predicted molar refractivity (Wildman–Crippen MR) is 154 cm³/mol. The molecule has 2 saturated heterocycles. The second-order valence-corrected chi connectivity index (χ2v) is 11.6. The molecule has 9 nitrogen and oxygen atoms in total. The third-order valence-electron chi connectivity index (χ3n) is 8.51.